The van der Waals surface area contributed by atoms with Gasteiger partial charge in [-0.25, -0.2) is 0 Å². The summed E-state index contributed by atoms with van der Waals surface area (Å²) in [4.78, 5) is 27.7. The number of nitrogens with one attached hydrogen (secondary N) is 1. The molecule has 6 heteroatoms. The number of benzene rings is 1. The first-order valence-corrected chi connectivity index (χ1v) is 9.50. The molecule has 1 atom stereocenters. The summed E-state index contributed by atoms with van der Waals surface area (Å²) in [6, 6.07) is 11.0. The number of rotatable bonds is 5. The highest BCUT2D eigenvalue weighted by molar-refractivity contribution is 7.12. The molecule has 1 aromatic heterocycles. The molecule has 0 spiro atoms. The van der Waals surface area contributed by atoms with Gasteiger partial charge in [0.25, 0.3) is 5.91 Å². The van der Waals surface area contributed by atoms with Gasteiger partial charge in [0.2, 0.25) is 5.91 Å². The van der Waals surface area contributed by atoms with Gasteiger partial charge in [0.05, 0.1) is 4.88 Å². The van der Waals surface area contributed by atoms with Crippen molar-refractivity contribution in [3.63, 3.8) is 0 Å². The van der Waals surface area contributed by atoms with E-state index in [1.807, 2.05) is 41.8 Å². The molecule has 1 fully saturated rings. The second-order valence-corrected chi connectivity index (χ2v) is 7.22. The molecule has 5 nitrogen and oxygen atoms in total. The largest absolute Gasteiger partial charge is 0.399 e. The van der Waals surface area contributed by atoms with Crippen LogP contribution in [0.3, 0.4) is 0 Å². The van der Waals surface area contributed by atoms with E-state index in [2.05, 4.69) is 5.32 Å². The standard InChI is InChI=1S/C19H23N3O2S/c20-15-8-6-14(7-9-15)10-11-21-18(23)16-4-1-2-12-22(16)19(24)17-5-3-13-25-17/h3,5-9,13,16H,1-2,4,10-12,20H2,(H,21,23). The Morgan fingerprint density at radius 2 is 2.00 bits per heavy atom. The molecule has 0 bridgehead atoms. The zero-order valence-electron chi connectivity index (χ0n) is 14.1. The second kappa shape index (κ2) is 8.16. The van der Waals surface area contributed by atoms with E-state index in [0.29, 0.717) is 18.0 Å². The first-order valence-electron chi connectivity index (χ1n) is 8.62. The monoisotopic (exact) mass is 357 g/mol. The number of anilines is 1. The first-order chi connectivity index (χ1) is 12.1. The number of piperidine rings is 1. The molecule has 25 heavy (non-hydrogen) atoms. The maximum Gasteiger partial charge on any atom is 0.264 e. The lowest BCUT2D eigenvalue weighted by molar-refractivity contribution is -0.126. The molecule has 1 unspecified atom stereocenters. The minimum Gasteiger partial charge on any atom is -0.399 e. The van der Waals surface area contributed by atoms with E-state index in [4.69, 9.17) is 5.73 Å². The topological polar surface area (TPSA) is 75.4 Å². The van der Waals surface area contributed by atoms with Crippen LogP contribution >= 0.6 is 11.3 Å². The summed E-state index contributed by atoms with van der Waals surface area (Å²) in [5.41, 5.74) is 7.54. The zero-order valence-corrected chi connectivity index (χ0v) is 14.9. The van der Waals surface area contributed by atoms with Crippen molar-refractivity contribution in [2.75, 3.05) is 18.8 Å². The van der Waals surface area contributed by atoms with Gasteiger partial charge >= 0.3 is 0 Å². The zero-order chi connectivity index (χ0) is 17.6. The summed E-state index contributed by atoms with van der Waals surface area (Å²) in [6.45, 7) is 1.20. The van der Waals surface area contributed by atoms with Crippen LogP contribution in [0, 0.1) is 0 Å². The Morgan fingerprint density at radius 3 is 2.72 bits per heavy atom. The number of nitrogens with zero attached hydrogens (tertiary/aromatic N) is 1. The van der Waals surface area contributed by atoms with Gasteiger partial charge in [-0.2, -0.15) is 0 Å². The number of carbonyl (C=O) groups is 2. The predicted octanol–water partition coefficient (Wildman–Crippen LogP) is 2.68. The third kappa shape index (κ3) is 4.39. The highest BCUT2D eigenvalue weighted by atomic mass is 32.1. The van der Waals surface area contributed by atoms with Crippen molar-refractivity contribution in [1.29, 1.82) is 0 Å². The van der Waals surface area contributed by atoms with E-state index < -0.39 is 0 Å². The number of thiophene rings is 1. The minimum atomic E-state index is -0.366. The number of amides is 2. The van der Waals surface area contributed by atoms with E-state index in [9.17, 15) is 9.59 Å². The van der Waals surface area contributed by atoms with E-state index in [-0.39, 0.29) is 17.9 Å². The molecular weight excluding hydrogens is 334 g/mol. The molecular formula is C19H23N3O2S. The molecule has 1 aromatic carbocycles. The number of hydrogen-bond donors (Lipinski definition) is 2. The summed E-state index contributed by atoms with van der Waals surface area (Å²) in [5, 5.41) is 4.87. The molecule has 3 N–H and O–H groups in total. The van der Waals surface area contributed by atoms with Crippen LogP contribution in [0.1, 0.15) is 34.5 Å². The molecule has 2 heterocycles. The molecule has 1 aliphatic rings. The molecule has 0 radical (unpaired) electrons. The third-order valence-electron chi connectivity index (χ3n) is 4.49. The number of carbonyl (C=O) groups excluding carboxylic acids is 2. The van der Waals surface area contributed by atoms with Gasteiger partial charge in [-0.05, 0) is 54.8 Å². The molecule has 1 saturated heterocycles. The van der Waals surface area contributed by atoms with Gasteiger partial charge in [0, 0.05) is 18.8 Å². The summed E-state index contributed by atoms with van der Waals surface area (Å²) in [7, 11) is 0. The Balaban J connectivity index is 1.57. The van der Waals surface area contributed by atoms with Crippen molar-refractivity contribution in [2.24, 2.45) is 0 Å². The van der Waals surface area contributed by atoms with Crippen molar-refractivity contribution in [3.05, 3.63) is 52.2 Å². The van der Waals surface area contributed by atoms with Crippen molar-refractivity contribution in [1.82, 2.24) is 10.2 Å². The van der Waals surface area contributed by atoms with Crippen LogP contribution < -0.4 is 11.1 Å². The molecule has 1 aliphatic heterocycles. The quantitative estimate of drug-likeness (QED) is 0.808. The second-order valence-electron chi connectivity index (χ2n) is 6.27. The number of hydrogen-bond acceptors (Lipinski definition) is 4. The van der Waals surface area contributed by atoms with Crippen LogP contribution in [-0.4, -0.2) is 35.8 Å². The Labute approximate surface area is 151 Å². The highest BCUT2D eigenvalue weighted by Crippen LogP contribution is 2.22. The van der Waals surface area contributed by atoms with E-state index >= 15 is 0 Å². The lowest BCUT2D eigenvalue weighted by atomic mass is 10.0. The van der Waals surface area contributed by atoms with Gasteiger partial charge in [0.1, 0.15) is 6.04 Å². The molecule has 3 rings (SSSR count). The number of nitrogen functional groups attached to an aromatic ring is 1. The summed E-state index contributed by atoms with van der Waals surface area (Å²) in [5.74, 6) is -0.0894. The molecule has 132 valence electrons. The van der Waals surface area contributed by atoms with Crippen LogP contribution in [0.4, 0.5) is 5.69 Å². The number of likely N-dealkylation sites (tertiary alicyclic amines) is 1. The molecule has 0 aliphatic carbocycles. The van der Waals surface area contributed by atoms with Gasteiger partial charge < -0.3 is 16.0 Å². The fraction of sp³-hybridized carbons (Fsp3) is 0.368. The van der Waals surface area contributed by atoms with Crippen LogP contribution in [0.2, 0.25) is 0 Å². The normalized spacial score (nSPS) is 17.3. The maximum atomic E-state index is 12.6. The fourth-order valence-corrected chi connectivity index (χ4v) is 3.80. The molecule has 2 amide bonds. The smallest absolute Gasteiger partial charge is 0.264 e. The van der Waals surface area contributed by atoms with Gasteiger partial charge in [0.15, 0.2) is 0 Å². The maximum absolute atomic E-state index is 12.6. The van der Waals surface area contributed by atoms with Crippen LogP contribution in [-0.2, 0) is 11.2 Å². The third-order valence-corrected chi connectivity index (χ3v) is 5.35. The van der Waals surface area contributed by atoms with Crippen molar-refractivity contribution in [2.45, 2.75) is 31.7 Å². The number of nitrogens with two attached hydrogens (primary N) is 1. The Bertz CT molecular complexity index is 713. The average molecular weight is 357 g/mol. The van der Waals surface area contributed by atoms with Gasteiger partial charge in [-0.15, -0.1) is 11.3 Å². The summed E-state index contributed by atoms with van der Waals surface area (Å²) >= 11 is 1.42. The Morgan fingerprint density at radius 1 is 1.20 bits per heavy atom. The van der Waals surface area contributed by atoms with Crippen LogP contribution in [0.25, 0.3) is 0 Å². The lowest BCUT2D eigenvalue weighted by Gasteiger charge is -2.34. The van der Waals surface area contributed by atoms with Gasteiger partial charge in [-0.1, -0.05) is 18.2 Å². The molecule has 0 saturated carbocycles. The van der Waals surface area contributed by atoms with E-state index in [0.717, 1.165) is 36.9 Å². The van der Waals surface area contributed by atoms with Crippen molar-refractivity contribution >= 4 is 28.8 Å². The van der Waals surface area contributed by atoms with E-state index in [1.165, 1.54) is 11.3 Å². The lowest BCUT2D eigenvalue weighted by Crippen LogP contribution is -2.52. The average Bonchev–Trinajstić information content (AvgIpc) is 3.17. The van der Waals surface area contributed by atoms with Crippen molar-refractivity contribution in [3.8, 4) is 0 Å². The fourth-order valence-electron chi connectivity index (χ4n) is 3.12. The highest BCUT2D eigenvalue weighted by Gasteiger charge is 2.32. The Hall–Kier alpha value is -2.34. The van der Waals surface area contributed by atoms with Crippen LogP contribution in [0.15, 0.2) is 41.8 Å². The minimum absolute atomic E-state index is 0.0339. The predicted molar refractivity (Wildman–Crippen MR) is 101 cm³/mol. The van der Waals surface area contributed by atoms with Crippen molar-refractivity contribution < 1.29 is 9.59 Å². The Kier molecular flexibility index (Phi) is 5.71. The van der Waals surface area contributed by atoms with E-state index in [1.54, 1.807) is 4.90 Å². The van der Waals surface area contributed by atoms with Gasteiger partial charge in [-0.3, -0.25) is 9.59 Å². The summed E-state index contributed by atoms with van der Waals surface area (Å²) < 4.78 is 0. The molecule has 2 aromatic rings. The SMILES string of the molecule is Nc1ccc(CCNC(=O)C2CCCCN2C(=O)c2cccs2)cc1. The van der Waals surface area contributed by atoms with Crippen LogP contribution in [0.5, 0.6) is 0 Å². The first kappa shape index (κ1) is 17.5. The summed E-state index contributed by atoms with van der Waals surface area (Å²) in [6.07, 6.45) is 3.40.